The van der Waals surface area contributed by atoms with Crippen molar-refractivity contribution >= 4 is 17.6 Å². The number of nitrogens with one attached hydrogen (secondary N) is 1. The molecule has 8 nitrogen and oxygen atoms in total. The first-order chi connectivity index (χ1) is 13.3. The van der Waals surface area contributed by atoms with E-state index in [1.165, 1.54) is 0 Å². The van der Waals surface area contributed by atoms with Gasteiger partial charge >= 0.3 is 5.97 Å². The van der Waals surface area contributed by atoms with E-state index in [4.69, 9.17) is 14.2 Å². The first-order valence-electron chi connectivity index (χ1n) is 8.98. The molecule has 1 unspecified atom stereocenters. The van der Waals surface area contributed by atoms with E-state index >= 15 is 0 Å². The third-order valence-corrected chi connectivity index (χ3v) is 4.52. The van der Waals surface area contributed by atoms with Gasteiger partial charge in [0.05, 0.1) is 31.3 Å². The average Bonchev–Trinajstić information content (AvgIpc) is 2.91. The van der Waals surface area contributed by atoms with Gasteiger partial charge in [0.2, 0.25) is 0 Å². The summed E-state index contributed by atoms with van der Waals surface area (Å²) in [5, 5.41) is 7.03. The summed E-state index contributed by atoms with van der Waals surface area (Å²) in [5.41, 5.74) is 3.00. The molecule has 0 radical (unpaired) electrons. The summed E-state index contributed by atoms with van der Waals surface area (Å²) in [6.45, 7) is 5.20. The molecule has 8 heteroatoms. The summed E-state index contributed by atoms with van der Waals surface area (Å²) in [7, 11) is 4.91. The summed E-state index contributed by atoms with van der Waals surface area (Å²) in [4.78, 5) is 24.5. The van der Waals surface area contributed by atoms with E-state index in [-0.39, 0.29) is 6.42 Å². The van der Waals surface area contributed by atoms with Gasteiger partial charge in [-0.05, 0) is 38.8 Å². The zero-order valence-electron chi connectivity index (χ0n) is 17.2. The van der Waals surface area contributed by atoms with E-state index in [2.05, 4.69) is 10.4 Å². The molecule has 0 spiro atoms. The maximum atomic E-state index is 12.4. The Balaban J connectivity index is 1.93. The normalized spacial score (nSPS) is 11.6. The third-order valence-electron chi connectivity index (χ3n) is 4.52. The van der Waals surface area contributed by atoms with Gasteiger partial charge in [-0.25, -0.2) is 0 Å². The zero-order valence-corrected chi connectivity index (χ0v) is 17.2. The molecule has 0 saturated heterocycles. The van der Waals surface area contributed by atoms with E-state index in [0.29, 0.717) is 29.3 Å². The molecule has 28 heavy (non-hydrogen) atoms. The summed E-state index contributed by atoms with van der Waals surface area (Å²) in [6, 6.07) is 5.48. The fourth-order valence-electron chi connectivity index (χ4n) is 2.88. The molecular weight excluding hydrogens is 362 g/mol. The summed E-state index contributed by atoms with van der Waals surface area (Å²) in [5.74, 6) is 0.327. The van der Waals surface area contributed by atoms with Crippen LogP contribution < -0.4 is 14.8 Å². The number of methoxy groups -OCH3 is 2. The van der Waals surface area contributed by atoms with Crippen LogP contribution in [-0.4, -0.2) is 42.0 Å². The number of carbonyl (C=O) groups excluding carboxylic acids is 2. The number of hydrogen-bond acceptors (Lipinski definition) is 6. The number of esters is 1. The van der Waals surface area contributed by atoms with Gasteiger partial charge < -0.3 is 19.5 Å². The van der Waals surface area contributed by atoms with Crippen LogP contribution in [-0.2, 0) is 27.8 Å². The van der Waals surface area contributed by atoms with E-state index in [0.717, 1.165) is 11.3 Å². The van der Waals surface area contributed by atoms with Gasteiger partial charge in [0, 0.05) is 13.5 Å². The lowest BCUT2D eigenvalue weighted by Crippen LogP contribution is -2.30. The Kier molecular flexibility index (Phi) is 7.03. The van der Waals surface area contributed by atoms with Crippen LogP contribution in [0.5, 0.6) is 11.5 Å². The molecule has 1 atom stereocenters. The fourth-order valence-corrected chi connectivity index (χ4v) is 2.88. The van der Waals surface area contributed by atoms with Gasteiger partial charge in [-0.2, -0.15) is 5.10 Å². The number of amides is 1. The Morgan fingerprint density at radius 2 is 1.93 bits per heavy atom. The monoisotopic (exact) mass is 389 g/mol. The number of benzene rings is 1. The first kappa shape index (κ1) is 21.3. The fraction of sp³-hybridized carbons (Fsp3) is 0.450. The minimum absolute atomic E-state index is 0.117. The number of hydrogen-bond donors (Lipinski definition) is 1. The van der Waals surface area contributed by atoms with Crippen molar-refractivity contribution in [2.24, 2.45) is 7.05 Å². The van der Waals surface area contributed by atoms with Crippen molar-refractivity contribution in [1.29, 1.82) is 0 Å². The van der Waals surface area contributed by atoms with Crippen LogP contribution in [0.25, 0.3) is 0 Å². The van der Waals surface area contributed by atoms with E-state index in [9.17, 15) is 9.59 Å². The molecular formula is C20H27N3O5. The van der Waals surface area contributed by atoms with Crippen LogP contribution >= 0.6 is 0 Å². The van der Waals surface area contributed by atoms with Gasteiger partial charge in [-0.15, -0.1) is 0 Å². The number of anilines is 1. The topological polar surface area (TPSA) is 91.7 Å². The van der Waals surface area contributed by atoms with E-state index in [1.54, 1.807) is 45.9 Å². The highest BCUT2D eigenvalue weighted by atomic mass is 16.5. The second-order valence-electron chi connectivity index (χ2n) is 6.44. The molecule has 1 aromatic carbocycles. The summed E-state index contributed by atoms with van der Waals surface area (Å²) < 4.78 is 17.6. The molecule has 152 valence electrons. The Hall–Kier alpha value is -3.03. The number of carbonyl (C=O) groups is 2. The quantitative estimate of drug-likeness (QED) is 0.698. The molecule has 1 heterocycles. The first-order valence-corrected chi connectivity index (χ1v) is 8.98. The minimum Gasteiger partial charge on any atom is -0.493 e. The number of nitrogens with zero attached hydrogens (tertiary/aromatic N) is 2. The second-order valence-corrected chi connectivity index (χ2v) is 6.44. The largest absolute Gasteiger partial charge is 0.493 e. The van der Waals surface area contributed by atoms with Crippen molar-refractivity contribution in [2.75, 3.05) is 19.5 Å². The van der Waals surface area contributed by atoms with Gasteiger partial charge in [0.1, 0.15) is 0 Å². The zero-order chi connectivity index (χ0) is 20.8. The van der Waals surface area contributed by atoms with Crippen molar-refractivity contribution in [3.8, 4) is 11.5 Å². The maximum Gasteiger partial charge on any atom is 0.306 e. The molecule has 1 amide bonds. The lowest BCUT2D eigenvalue weighted by atomic mass is 10.1. The molecule has 0 fully saturated rings. The van der Waals surface area contributed by atoms with Crippen molar-refractivity contribution in [1.82, 2.24) is 9.78 Å². The van der Waals surface area contributed by atoms with Gasteiger partial charge in [-0.3, -0.25) is 14.3 Å². The van der Waals surface area contributed by atoms with Gasteiger partial charge in [0.15, 0.2) is 17.6 Å². The van der Waals surface area contributed by atoms with Crippen LogP contribution in [0.15, 0.2) is 18.2 Å². The lowest BCUT2D eigenvalue weighted by molar-refractivity contribution is -0.153. The number of ether oxygens (including phenoxy) is 3. The second kappa shape index (κ2) is 9.25. The number of para-hydroxylation sites is 1. The number of aromatic nitrogens is 2. The Bertz CT molecular complexity index is 860. The number of aryl methyl sites for hydroxylation is 3. The molecule has 2 rings (SSSR count). The Labute approximate surface area is 164 Å². The Morgan fingerprint density at radius 1 is 1.21 bits per heavy atom. The SMILES string of the molecule is COc1cccc(CCC(=O)OC(C)C(=O)Nc2c(C)nn(C)c2C)c1OC. The molecule has 0 aliphatic carbocycles. The van der Waals surface area contributed by atoms with Crippen molar-refractivity contribution in [3.05, 3.63) is 35.2 Å². The van der Waals surface area contributed by atoms with E-state index < -0.39 is 18.0 Å². The molecule has 0 saturated carbocycles. The van der Waals surface area contributed by atoms with Crippen LogP contribution in [0.3, 0.4) is 0 Å². The standard InChI is InChI=1S/C20H27N3O5/c1-12-18(13(2)23(4)22-12)21-20(25)14(3)28-17(24)11-10-15-8-7-9-16(26-5)19(15)27-6/h7-9,14H,10-11H2,1-6H3,(H,21,25). The molecule has 0 aliphatic heterocycles. The van der Waals surface area contributed by atoms with Crippen molar-refractivity contribution in [3.63, 3.8) is 0 Å². The van der Waals surface area contributed by atoms with E-state index in [1.807, 2.05) is 19.1 Å². The highest BCUT2D eigenvalue weighted by Gasteiger charge is 2.21. The number of rotatable bonds is 8. The van der Waals surface area contributed by atoms with Crippen molar-refractivity contribution in [2.45, 2.75) is 39.7 Å². The van der Waals surface area contributed by atoms with Crippen LogP contribution in [0.1, 0.15) is 30.3 Å². The molecule has 0 aliphatic rings. The van der Waals surface area contributed by atoms with Crippen LogP contribution in [0.2, 0.25) is 0 Å². The smallest absolute Gasteiger partial charge is 0.306 e. The molecule has 0 bridgehead atoms. The highest BCUT2D eigenvalue weighted by Crippen LogP contribution is 2.31. The van der Waals surface area contributed by atoms with Crippen molar-refractivity contribution < 1.29 is 23.8 Å². The van der Waals surface area contributed by atoms with Gasteiger partial charge in [0.25, 0.3) is 5.91 Å². The highest BCUT2D eigenvalue weighted by molar-refractivity contribution is 5.96. The predicted molar refractivity (Wildman–Crippen MR) is 105 cm³/mol. The van der Waals surface area contributed by atoms with Crippen LogP contribution in [0.4, 0.5) is 5.69 Å². The lowest BCUT2D eigenvalue weighted by Gasteiger charge is -2.15. The Morgan fingerprint density at radius 3 is 2.50 bits per heavy atom. The third kappa shape index (κ3) is 4.82. The molecule has 1 N–H and O–H groups in total. The molecule has 1 aromatic heterocycles. The molecule has 2 aromatic rings. The summed E-state index contributed by atoms with van der Waals surface area (Å²) >= 11 is 0. The maximum absolute atomic E-state index is 12.4. The summed E-state index contributed by atoms with van der Waals surface area (Å²) in [6.07, 6.45) is -0.390. The average molecular weight is 389 g/mol. The van der Waals surface area contributed by atoms with Gasteiger partial charge in [-0.1, -0.05) is 12.1 Å². The van der Waals surface area contributed by atoms with Crippen LogP contribution in [0, 0.1) is 13.8 Å². The minimum atomic E-state index is -0.918. The predicted octanol–water partition coefficient (Wildman–Crippen LogP) is 2.56.